The zero-order valence-electron chi connectivity index (χ0n) is 16.5. The molecule has 0 saturated carbocycles. The Hall–Kier alpha value is -3.03. The van der Waals surface area contributed by atoms with E-state index in [9.17, 15) is 5.11 Å². The molecule has 7 heteroatoms. The van der Waals surface area contributed by atoms with Gasteiger partial charge in [-0.05, 0) is 35.2 Å². The highest BCUT2D eigenvalue weighted by Gasteiger charge is 2.31. The number of rotatable bonds is 7. The van der Waals surface area contributed by atoms with Crippen LogP contribution in [0.2, 0.25) is 0 Å². The van der Waals surface area contributed by atoms with Crippen molar-refractivity contribution < 1.29 is 5.11 Å². The zero-order chi connectivity index (χ0) is 20.1. The summed E-state index contributed by atoms with van der Waals surface area (Å²) in [5, 5.41) is 16.7. The first-order chi connectivity index (χ1) is 14.2. The molecule has 0 spiro atoms. The maximum absolute atomic E-state index is 10.2. The van der Waals surface area contributed by atoms with Crippen LogP contribution in [-0.2, 0) is 6.54 Å². The molecule has 1 saturated heterocycles. The van der Waals surface area contributed by atoms with E-state index in [0.717, 1.165) is 31.1 Å². The van der Waals surface area contributed by atoms with Crippen LogP contribution in [0.1, 0.15) is 12.0 Å². The van der Waals surface area contributed by atoms with Gasteiger partial charge in [0.25, 0.3) is 0 Å². The lowest BCUT2D eigenvalue weighted by molar-refractivity contribution is 0.194. The van der Waals surface area contributed by atoms with Crippen LogP contribution < -0.4 is 15.5 Å². The molecule has 4 rings (SSSR count). The Morgan fingerprint density at radius 1 is 1.07 bits per heavy atom. The first-order valence-corrected chi connectivity index (χ1v) is 9.87. The molecule has 3 N–H and O–H groups in total. The highest BCUT2D eigenvalue weighted by atomic mass is 16.3. The highest BCUT2D eigenvalue weighted by molar-refractivity contribution is 5.62. The summed E-state index contributed by atoms with van der Waals surface area (Å²) in [4.78, 5) is 14.8. The maximum atomic E-state index is 10.2. The van der Waals surface area contributed by atoms with Gasteiger partial charge in [0.1, 0.15) is 18.0 Å². The molecule has 29 heavy (non-hydrogen) atoms. The zero-order valence-corrected chi connectivity index (χ0v) is 16.5. The van der Waals surface area contributed by atoms with E-state index in [-0.39, 0.29) is 12.1 Å². The number of aliphatic hydroxyl groups is 1. The van der Waals surface area contributed by atoms with Crippen LogP contribution in [0.4, 0.5) is 11.6 Å². The summed E-state index contributed by atoms with van der Waals surface area (Å²) < 4.78 is 0. The number of anilines is 2. The van der Waals surface area contributed by atoms with E-state index in [1.54, 1.807) is 6.33 Å². The minimum Gasteiger partial charge on any atom is -0.391 e. The van der Waals surface area contributed by atoms with E-state index in [1.165, 1.54) is 16.7 Å². The van der Waals surface area contributed by atoms with Crippen molar-refractivity contribution in [2.75, 3.05) is 30.4 Å². The lowest BCUT2D eigenvalue weighted by Crippen LogP contribution is -2.38. The number of nitrogens with one attached hydrogen (secondary N) is 2. The molecule has 2 atom stereocenters. The highest BCUT2D eigenvalue weighted by Crippen LogP contribution is 2.25. The van der Waals surface area contributed by atoms with Gasteiger partial charge in [-0.1, -0.05) is 24.3 Å². The van der Waals surface area contributed by atoms with E-state index in [4.69, 9.17) is 0 Å². The molecule has 1 aromatic carbocycles. The summed E-state index contributed by atoms with van der Waals surface area (Å²) in [6.45, 7) is 2.15. The number of β-amino-alcohol motifs (C(OH)–C–C–N with tert-alkyl or cyclic N) is 1. The third-order valence-corrected chi connectivity index (χ3v) is 5.27. The van der Waals surface area contributed by atoms with Gasteiger partial charge in [-0.15, -0.1) is 0 Å². The lowest BCUT2D eigenvalue weighted by Gasteiger charge is -2.26. The number of aliphatic hydroxyl groups excluding tert-OH is 1. The smallest absolute Gasteiger partial charge is 0.134 e. The number of nitrogens with zero attached hydrogens (tertiary/aromatic N) is 4. The van der Waals surface area contributed by atoms with Crippen LogP contribution in [0, 0.1) is 0 Å². The third-order valence-electron chi connectivity index (χ3n) is 5.27. The third kappa shape index (κ3) is 4.70. The average Bonchev–Trinajstić information content (AvgIpc) is 3.15. The number of aromatic nitrogens is 3. The Bertz CT molecular complexity index is 918. The van der Waals surface area contributed by atoms with Crippen molar-refractivity contribution in [3.63, 3.8) is 0 Å². The maximum Gasteiger partial charge on any atom is 0.134 e. The number of benzene rings is 1. The second-order valence-corrected chi connectivity index (χ2v) is 7.27. The summed E-state index contributed by atoms with van der Waals surface area (Å²) in [6, 6.07) is 14.7. The van der Waals surface area contributed by atoms with Gasteiger partial charge in [-0.25, -0.2) is 9.97 Å². The molecule has 2 aromatic heterocycles. The molecule has 0 bridgehead atoms. The van der Waals surface area contributed by atoms with Crippen LogP contribution in [0.25, 0.3) is 11.1 Å². The van der Waals surface area contributed by atoms with Crippen molar-refractivity contribution in [1.82, 2.24) is 20.3 Å². The Kier molecular flexibility index (Phi) is 5.97. The molecule has 150 valence electrons. The Morgan fingerprint density at radius 2 is 1.83 bits per heavy atom. The quantitative estimate of drug-likeness (QED) is 0.571. The molecule has 1 aliphatic rings. The van der Waals surface area contributed by atoms with Crippen LogP contribution in [0.15, 0.2) is 61.2 Å². The molecule has 7 nitrogen and oxygen atoms in total. The van der Waals surface area contributed by atoms with Crippen LogP contribution >= 0.6 is 0 Å². The molecule has 3 aromatic rings. The molecule has 3 heterocycles. The SMILES string of the molecule is CNc1cc(N2C[C@H](O)C[C@@H]2CNCc2ccc(-c3ccncc3)cc2)ncn1. The molecule has 1 aliphatic heterocycles. The lowest BCUT2D eigenvalue weighted by atomic mass is 10.1. The first kappa shape index (κ1) is 19.3. The van der Waals surface area contributed by atoms with Crippen LogP contribution in [-0.4, -0.2) is 52.3 Å². The van der Waals surface area contributed by atoms with E-state index in [2.05, 4.69) is 54.8 Å². The minimum atomic E-state index is -0.338. The van der Waals surface area contributed by atoms with E-state index in [0.29, 0.717) is 6.54 Å². The predicted octanol–water partition coefficient (Wildman–Crippen LogP) is 2.31. The minimum absolute atomic E-state index is 0.195. The molecule has 1 fully saturated rings. The van der Waals surface area contributed by atoms with E-state index >= 15 is 0 Å². The van der Waals surface area contributed by atoms with Gasteiger partial charge in [-0.2, -0.15) is 0 Å². The van der Waals surface area contributed by atoms with E-state index in [1.807, 2.05) is 37.6 Å². The number of pyridine rings is 1. The van der Waals surface area contributed by atoms with Gasteiger partial charge >= 0.3 is 0 Å². The monoisotopic (exact) mass is 390 g/mol. The second-order valence-electron chi connectivity index (χ2n) is 7.27. The van der Waals surface area contributed by atoms with E-state index < -0.39 is 0 Å². The molecule has 0 amide bonds. The Morgan fingerprint density at radius 3 is 2.59 bits per heavy atom. The molecule has 0 aliphatic carbocycles. The van der Waals surface area contributed by atoms with Gasteiger partial charge in [0.15, 0.2) is 0 Å². The fourth-order valence-corrected chi connectivity index (χ4v) is 3.75. The van der Waals surface area contributed by atoms with Crippen LogP contribution in [0.3, 0.4) is 0 Å². The fourth-order valence-electron chi connectivity index (χ4n) is 3.75. The summed E-state index contributed by atoms with van der Waals surface area (Å²) in [7, 11) is 1.84. The summed E-state index contributed by atoms with van der Waals surface area (Å²) in [5.41, 5.74) is 3.58. The summed E-state index contributed by atoms with van der Waals surface area (Å²) >= 11 is 0. The van der Waals surface area contributed by atoms with Crippen molar-refractivity contribution >= 4 is 11.6 Å². The van der Waals surface area contributed by atoms with Crippen molar-refractivity contribution in [3.8, 4) is 11.1 Å². The largest absolute Gasteiger partial charge is 0.391 e. The predicted molar refractivity (Wildman–Crippen MR) is 115 cm³/mol. The molecule has 0 radical (unpaired) electrons. The summed E-state index contributed by atoms with van der Waals surface area (Å²) in [6.07, 6.45) is 5.57. The normalized spacial score (nSPS) is 18.8. The van der Waals surface area contributed by atoms with Crippen molar-refractivity contribution in [2.24, 2.45) is 0 Å². The van der Waals surface area contributed by atoms with Gasteiger partial charge < -0.3 is 20.6 Å². The van der Waals surface area contributed by atoms with Crippen molar-refractivity contribution in [3.05, 3.63) is 66.7 Å². The van der Waals surface area contributed by atoms with Gasteiger partial charge in [0.05, 0.1) is 6.10 Å². The van der Waals surface area contributed by atoms with Gasteiger partial charge in [0, 0.05) is 51.2 Å². The molecular formula is C22H26N6O. The Labute approximate surface area is 170 Å². The van der Waals surface area contributed by atoms with Gasteiger partial charge in [0.2, 0.25) is 0 Å². The van der Waals surface area contributed by atoms with Crippen LogP contribution in [0.5, 0.6) is 0 Å². The number of hydrogen-bond donors (Lipinski definition) is 3. The molecule has 0 unspecified atom stereocenters. The fraction of sp³-hybridized carbons (Fsp3) is 0.318. The summed E-state index contributed by atoms with van der Waals surface area (Å²) in [5.74, 6) is 1.62. The topological polar surface area (TPSA) is 86.2 Å². The molecular weight excluding hydrogens is 364 g/mol. The van der Waals surface area contributed by atoms with Crippen molar-refractivity contribution in [1.29, 1.82) is 0 Å². The first-order valence-electron chi connectivity index (χ1n) is 9.87. The van der Waals surface area contributed by atoms with Gasteiger partial charge in [-0.3, -0.25) is 4.98 Å². The number of hydrogen-bond acceptors (Lipinski definition) is 7. The Balaban J connectivity index is 1.35. The van der Waals surface area contributed by atoms with Crippen molar-refractivity contribution in [2.45, 2.75) is 25.1 Å². The second kappa shape index (κ2) is 8.98. The standard InChI is InChI=1S/C22H26N6O/c1-23-21-11-22(27-15-26-21)28-14-20(29)10-19(28)13-25-12-16-2-4-17(5-3-16)18-6-8-24-9-7-18/h2-9,11,15,19-20,25,29H,10,12-14H2,1H3,(H,23,26,27)/t19-,20-/m1/s1. The average molecular weight is 390 g/mol.